The maximum Gasteiger partial charge on any atom is 0.191 e. The quantitative estimate of drug-likeness (QED) is 0.656. The van der Waals surface area contributed by atoms with E-state index in [-0.39, 0.29) is 0 Å². The predicted molar refractivity (Wildman–Crippen MR) is 85.2 cm³/mol. The van der Waals surface area contributed by atoms with Crippen LogP contribution in [-0.4, -0.2) is 24.5 Å². The lowest BCUT2D eigenvalue weighted by atomic mass is 10.2. The molecular weight excluding hydrogens is 268 g/mol. The lowest BCUT2D eigenvalue weighted by Crippen LogP contribution is -2.37. The van der Waals surface area contributed by atoms with Crippen molar-refractivity contribution in [1.29, 1.82) is 0 Å². The molecule has 0 aliphatic heterocycles. The molecule has 5 heteroatoms. The largest absolute Gasteiger partial charge is 0.356 e. The Bertz CT molecular complexity index is 532. The third-order valence-electron chi connectivity index (χ3n) is 2.91. The van der Waals surface area contributed by atoms with Gasteiger partial charge in [0.25, 0.3) is 0 Å². The second-order valence-electron chi connectivity index (χ2n) is 4.49. The summed E-state index contributed by atoms with van der Waals surface area (Å²) in [6, 6.07) is 8.33. The minimum Gasteiger partial charge on any atom is -0.356 e. The van der Waals surface area contributed by atoms with Gasteiger partial charge >= 0.3 is 0 Å². The Morgan fingerprint density at radius 3 is 2.85 bits per heavy atom. The fourth-order valence-electron chi connectivity index (χ4n) is 1.78. The van der Waals surface area contributed by atoms with Gasteiger partial charge in [-0.05, 0) is 36.4 Å². The highest BCUT2D eigenvalue weighted by molar-refractivity contribution is 7.09. The summed E-state index contributed by atoms with van der Waals surface area (Å²) >= 11 is 1.74. The summed E-state index contributed by atoms with van der Waals surface area (Å²) in [5.74, 6) is 0.832. The summed E-state index contributed by atoms with van der Waals surface area (Å²) in [4.78, 5) is 9.81. The summed E-state index contributed by atoms with van der Waals surface area (Å²) in [6.07, 6.45) is 2.87. The summed E-state index contributed by atoms with van der Waals surface area (Å²) in [6.45, 7) is 3.65. The lowest BCUT2D eigenvalue weighted by molar-refractivity contribution is 0.797. The van der Waals surface area contributed by atoms with Gasteiger partial charge in [0.05, 0.1) is 6.54 Å². The highest BCUT2D eigenvalue weighted by atomic mass is 32.1. The van der Waals surface area contributed by atoms with Gasteiger partial charge in [-0.15, -0.1) is 11.3 Å². The number of guanidine groups is 1. The van der Waals surface area contributed by atoms with Gasteiger partial charge in [-0.1, -0.05) is 12.1 Å². The van der Waals surface area contributed by atoms with Crippen LogP contribution in [0.15, 0.2) is 40.8 Å². The van der Waals surface area contributed by atoms with E-state index in [0.717, 1.165) is 31.2 Å². The van der Waals surface area contributed by atoms with E-state index in [1.165, 1.54) is 10.4 Å². The number of pyridine rings is 1. The number of nitrogens with zero attached hydrogens (tertiary/aromatic N) is 2. The molecule has 0 atom stereocenters. The van der Waals surface area contributed by atoms with Crippen molar-refractivity contribution < 1.29 is 0 Å². The van der Waals surface area contributed by atoms with Crippen LogP contribution < -0.4 is 10.6 Å². The first-order chi connectivity index (χ1) is 9.78. The first-order valence-corrected chi connectivity index (χ1v) is 7.54. The number of rotatable bonds is 5. The van der Waals surface area contributed by atoms with E-state index in [2.05, 4.69) is 44.2 Å². The number of hydrogen-bond donors (Lipinski definition) is 2. The van der Waals surface area contributed by atoms with Crippen molar-refractivity contribution in [2.45, 2.75) is 19.9 Å². The zero-order chi connectivity index (χ0) is 14.2. The van der Waals surface area contributed by atoms with E-state index in [1.807, 2.05) is 19.2 Å². The molecule has 2 rings (SSSR count). The second kappa shape index (κ2) is 7.65. The molecular formula is C15H20N4S. The second-order valence-corrected chi connectivity index (χ2v) is 5.52. The van der Waals surface area contributed by atoms with E-state index in [9.17, 15) is 0 Å². The number of thiophene rings is 1. The number of aliphatic imine (C=N–C) groups is 1. The van der Waals surface area contributed by atoms with E-state index >= 15 is 0 Å². The van der Waals surface area contributed by atoms with Crippen LogP contribution in [0.2, 0.25) is 0 Å². The van der Waals surface area contributed by atoms with Crippen molar-refractivity contribution in [3.63, 3.8) is 0 Å². The molecule has 2 aromatic heterocycles. The molecule has 0 unspecified atom stereocenters. The Morgan fingerprint density at radius 1 is 1.30 bits per heavy atom. The average molecular weight is 288 g/mol. The van der Waals surface area contributed by atoms with E-state index < -0.39 is 0 Å². The van der Waals surface area contributed by atoms with Crippen LogP contribution in [0.25, 0.3) is 0 Å². The molecule has 0 aromatic carbocycles. The first-order valence-electron chi connectivity index (χ1n) is 6.66. The highest BCUT2D eigenvalue weighted by Gasteiger charge is 1.99. The zero-order valence-electron chi connectivity index (χ0n) is 11.9. The normalized spacial score (nSPS) is 11.4. The summed E-state index contributed by atoms with van der Waals surface area (Å²) < 4.78 is 0. The Kier molecular flexibility index (Phi) is 5.55. The van der Waals surface area contributed by atoms with Crippen molar-refractivity contribution in [3.05, 3.63) is 52.0 Å². The van der Waals surface area contributed by atoms with E-state index in [0.29, 0.717) is 0 Å². The number of aromatic nitrogens is 1. The smallest absolute Gasteiger partial charge is 0.191 e. The molecule has 0 saturated heterocycles. The van der Waals surface area contributed by atoms with Gasteiger partial charge in [0.1, 0.15) is 0 Å². The van der Waals surface area contributed by atoms with Gasteiger partial charge < -0.3 is 10.6 Å². The summed E-state index contributed by atoms with van der Waals surface area (Å²) in [7, 11) is 1.79. The molecule has 0 saturated carbocycles. The zero-order valence-corrected chi connectivity index (χ0v) is 12.7. The van der Waals surface area contributed by atoms with Crippen LogP contribution in [0.4, 0.5) is 0 Å². The Morgan fingerprint density at radius 2 is 2.20 bits per heavy atom. The van der Waals surface area contributed by atoms with Gasteiger partial charge in [0.2, 0.25) is 0 Å². The van der Waals surface area contributed by atoms with E-state index in [4.69, 9.17) is 0 Å². The van der Waals surface area contributed by atoms with Crippen LogP contribution in [0.3, 0.4) is 0 Å². The van der Waals surface area contributed by atoms with Gasteiger partial charge in [-0.2, -0.15) is 0 Å². The third-order valence-corrected chi connectivity index (χ3v) is 3.79. The average Bonchev–Trinajstić information content (AvgIpc) is 2.98. The summed E-state index contributed by atoms with van der Waals surface area (Å²) in [5.41, 5.74) is 2.28. The SMILES string of the molecule is CN=C(NCCc1ccc(C)nc1)NCc1cccs1. The molecule has 2 heterocycles. The number of hydrogen-bond acceptors (Lipinski definition) is 3. The molecule has 0 spiro atoms. The Labute approximate surface area is 124 Å². The number of aryl methyl sites for hydroxylation is 1. The van der Waals surface area contributed by atoms with Gasteiger partial charge in [-0.3, -0.25) is 9.98 Å². The monoisotopic (exact) mass is 288 g/mol. The fourth-order valence-corrected chi connectivity index (χ4v) is 2.42. The maximum absolute atomic E-state index is 4.29. The number of nitrogens with one attached hydrogen (secondary N) is 2. The van der Waals surface area contributed by atoms with Crippen LogP contribution in [0, 0.1) is 6.92 Å². The molecule has 0 aliphatic rings. The third kappa shape index (κ3) is 4.66. The Balaban J connectivity index is 1.72. The van der Waals surface area contributed by atoms with Gasteiger partial charge in [-0.25, -0.2) is 0 Å². The molecule has 2 aromatic rings. The molecule has 20 heavy (non-hydrogen) atoms. The summed E-state index contributed by atoms with van der Waals surface area (Å²) in [5, 5.41) is 8.69. The highest BCUT2D eigenvalue weighted by Crippen LogP contribution is 2.07. The molecule has 0 aliphatic carbocycles. The molecule has 2 N–H and O–H groups in total. The van der Waals surface area contributed by atoms with Crippen LogP contribution in [0.5, 0.6) is 0 Å². The van der Waals surface area contributed by atoms with E-state index in [1.54, 1.807) is 18.4 Å². The molecule has 106 valence electrons. The molecule has 0 radical (unpaired) electrons. The van der Waals surface area contributed by atoms with Crippen LogP contribution in [-0.2, 0) is 13.0 Å². The lowest BCUT2D eigenvalue weighted by Gasteiger charge is -2.11. The van der Waals surface area contributed by atoms with Crippen molar-refractivity contribution in [2.24, 2.45) is 4.99 Å². The molecule has 0 bridgehead atoms. The van der Waals surface area contributed by atoms with Crippen molar-refractivity contribution in [3.8, 4) is 0 Å². The molecule has 0 amide bonds. The standard InChI is InChI=1S/C15H20N4S/c1-12-5-6-13(10-18-12)7-8-17-15(16-2)19-11-14-4-3-9-20-14/h3-6,9-10H,7-8,11H2,1-2H3,(H2,16,17,19). The van der Waals surface area contributed by atoms with Crippen LogP contribution >= 0.6 is 11.3 Å². The van der Waals surface area contributed by atoms with Gasteiger partial charge in [0, 0.05) is 30.4 Å². The van der Waals surface area contributed by atoms with Gasteiger partial charge in [0.15, 0.2) is 5.96 Å². The van der Waals surface area contributed by atoms with Crippen LogP contribution in [0.1, 0.15) is 16.1 Å². The van der Waals surface area contributed by atoms with Crippen molar-refractivity contribution >= 4 is 17.3 Å². The van der Waals surface area contributed by atoms with Crippen molar-refractivity contribution in [1.82, 2.24) is 15.6 Å². The Hall–Kier alpha value is -1.88. The topological polar surface area (TPSA) is 49.3 Å². The minimum absolute atomic E-state index is 0.809. The van der Waals surface area contributed by atoms with Crippen molar-refractivity contribution in [2.75, 3.05) is 13.6 Å². The predicted octanol–water partition coefficient (Wildman–Crippen LogP) is 2.36. The minimum atomic E-state index is 0.809. The fraction of sp³-hybridized carbons (Fsp3) is 0.333. The molecule has 4 nitrogen and oxygen atoms in total. The maximum atomic E-state index is 4.29. The molecule has 0 fully saturated rings. The first kappa shape index (κ1) is 14.5.